The Balaban J connectivity index is 1.72. The predicted molar refractivity (Wildman–Crippen MR) is 80.5 cm³/mol. The lowest BCUT2D eigenvalue weighted by molar-refractivity contribution is -0.140. The standard InChI is InChI=1S/C14H15F3N4O3S/c1-8-12(9(2)20-19-8)25(22,23)21-6-10(7-21)24-13-11(14(15,16)17)4-3-5-18-13/h3-5,10H,6-7H2,1-2H3,(H,19,20). The lowest BCUT2D eigenvalue weighted by Crippen LogP contribution is -2.56. The number of nitrogens with one attached hydrogen (secondary N) is 1. The molecule has 2 aromatic rings. The fraction of sp³-hybridized carbons (Fsp3) is 0.429. The van der Waals surface area contributed by atoms with Crippen LogP contribution < -0.4 is 4.74 Å². The van der Waals surface area contributed by atoms with Crippen molar-refractivity contribution in [2.45, 2.75) is 31.0 Å². The molecule has 1 N–H and O–H groups in total. The average molecular weight is 376 g/mol. The van der Waals surface area contributed by atoms with Crippen LogP contribution in [0.25, 0.3) is 0 Å². The lowest BCUT2D eigenvalue weighted by atomic mass is 10.2. The van der Waals surface area contributed by atoms with Crippen LogP contribution in [0.4, 0.5) is 13.2 Å². The molecular formula is C14H15F3N4O3S. The van der Waals surface area contributed by atoms with Crippen LogP contribution in [0.3, 0.4) is 0 Å². The van der Waals surface area contributed by atoms with E-state index in [4.69, 9.17) is 4.74 Å². The van der Waals surface area contributed by atoms with Gasteiger partial charge in [-0.2, -0.15) is 22.6 Å². The molecule has 0 aliphatic carbocycles. The third-order valence-corrected chi connectivity index (χ3v) is 5.92. The molecule has 0 aromatic carbocycles. The summed E-state index contributed by atoms with van der Waals surface area (Å²) in [6.07, 6.45) is -4.10. The molecule has 136 valence electrons. The maximum absolute atomic E-state index is 12.9. The van der Waals surface area contributed by atoms with Crippen molar-refractivity contribution < 1.29 is 26.3 Å². The van der Waals surface area contributed by atoms with Gasteiger partial charge in [-0.05, 0) is 26.0 Å². The van der Waals surface area contributed by atoms with Crippen LogP contribution in [-0.4, -0.2) is 47.1 Å². The second-order valence-electron chi connectivity index (χ2n) is 5.68. The van der Waals surface area contributed by atoms with Crippen LogP contribution in [0.15, 0.2) is 23.2 Å². The van der Waals surface area contributed by atoms with Gasteiger partial charge in [-0.3, -0.25) is 5.10 Å². The van der Waals surface area contributed by atoms with Gasteiger partial charge in [-0.25, -0.2) is 13.4 Å². The van der Waals surface area contributed by atoms with Crippen LogP contribution >= 0.6 is 0 Å². The highest BCUT2D eigenvalue weighted by atomic mass is 32.2. The molecule has 0 bridgehead atoms. The number of rotatable bonds is 4. The van der Waals surface area contributed by atoms with E-state index in [2.05, 4.69) is 15.2 Å². The number of nitrogens with zero attached hydrogens (tertiary/aromatic N) is 3. The van der Waals surface area contributed by atoms with Crippen molar-refractivity contribution >= 4 is 10.0 Å². The normalized spacial score (nSPS) is 16.7. The highest BCUT2D eigenvalue weighted by molar-refractivity contribution is 7.89. The highest BCUT2D eigenvalue weighted by Crippen LogP contribution is 2.36. The van der Waals surface area contributed by atoms with Gasteiger partial charge in [-0.15, -0.1) is 0 Å². The molecule has 11 heteroatoms. The summed E-state index contributed by atoms with van der Waals surface area (Å²) in [5.74, 6) is -0.548. The van der Waals surface area contributed by atoms with E-state index in [9.17, 15) is 21.6 Å². The van der Waals surface area contributed by atoms with Crippen molar-refractivity contribution in [1.29, 1.82) is 0 Å². The fourth-order valence-corrected chi connectivity index (χ4v) is 4.41. The van der Waals surface area contributed by atoms with Crippen LogP contribution in [0, 0.1) is 13.8 Å². The molecule has 3 heterocycles. The smallest absolute Gasteiger partial charge is 0.421 e. The van der Waals surface area contributed by atoms with Gasteiger partial charge in [0.05, 0.1) is 24.5 Å². The Hall–Kier alpha value is -2.14. The van der Waals surface area contributed by atoms with Gasteiger partial charge in [0.1, 0.15) is 16.6 Å². The molecule has 0 saturated carbocycles. The Morgan fingerprint density at radius 2 is 2.00 bits per heavy atom. The Morgan fingerprint density at radius 1 is 1.32 bits per heavy atom. The number of pyridine rings is 1. The van der Waals surface area contributed by atoms with Crippen LogP contribution in [0.1, 0.15) is 17.0 Å². The fourth-order valence-electron chi connectivity index (χ4n) is 2.58. The second kappa shape index (κ2) is 5.99. The monoisotopic (exact) mass is 376 g/mol. The zero-order valence-electron chi connectivity index (χ0n) is 13.3. The van der Waals surface area contributed by atoms with Crippen LogP contribution in [0.2, 0.25) is 0 Å². The van der Waals surface area contributed by atoms with E-state index >= 15 is 0 Å². The summed E-state index contributed by atoms with van der Waals surface area (Å²) >= 11 is 0. The van der Waals surface area contributed by atoms with E-state index in [0.29, 0.717) is 11.4 Å². The van der Waals surface area contributed by atoms with E-state index in [0.717, 1.165) is 16.4 Å². The van der Waals surface area contributed by atoms with Crippen molar-refractivity contribution in [3.8, 4) is 5.88 Å². The molecule has 0 radical (unpaired) electrons. The number of aromatic nitrogens is 3. The number of alkyl halides is 3. The number of ether oxygens (including phenoxy) is 1. The molecule has 1 saturated heterocycles. The predicted octanol–water partition coefficient (Wildman–Crippen LogP) is 1.89. The molecule has 1 aliphatic heterocycles. The van der Waals surface area contributed by atoms with E-state index in [1.807, 2.05) is 0 Å². The number of halogens is 3. The zero-order valence-corrected chi connectivity index (χ0v) is 14.1. The summed E-state index contributed by atoms with van der Waals surface area (Å²) in [6, 6.07) is 2.03. The largest absolute Gasteiger partial charge is 0.471 e. The lowest BCUT2D eigenvalue weighted by Gasteiger charge is -2.37. The zero-order chi connectivity index (χ0) is 18.4. The highest BCUT2D eigenvalue weighted by Gasteiger charge is 2.42. The summed E-state index contributed by atoms with van der Waals surface area (Å²) < 4.78 is 70.3. The maximum Gasteiger partial charge on any atom is 0.421 e. The SMILES string of the molecule is Cc1n[nH]c(C)c1S(=O)(=O)N1CC(Oc2ncccc2C(F)(F)F)C1. The molecule has 25 heavy (non-hydrogen) atoms. The van der Waals surface area contributed by atoms with Crippen molar-refractivity contribution in [1.82, 2.24) is 19.5 Å². The molecule has 3 rings (SSSR count). The summed E-state index contributed by atoms with van der Waals surface area (Å²) in [7, 11) is -3.77. The van der Waals surface area contributed by atoms with Crippen LogP contribution in [-0.2, 0) is 16.2 Å². The van der Waals surface area contributed by atoms with Crippen molar-refractivity contribution in [3.05, 3.63) is 35.3 Å². The third-order valence-electron chi connectivity index (χ3n) is 3.83. The van der Waals surface area contributed by atoms with E-state index in [1.165, 1.54) is 6.20 Å². The first-order chi connectivity index (χ1) is 11.6. The van der Waals surface area contributed by atoms with E-state index in [-0.39, 0.29) is 18.0 Å². The Labute approximate surface area is 141 Å². The molecule has 7 nitrogen and oxygen atoms in total. The molecular weight excluding hydrogens is 361 g/mol. The minimum Gasteiger partial charge on any atom is -0.471 e. The molecule has 0 atom stereocenters. The molecule has 1 fully saturated rings. The number of hydrogen-bond acceptors (Lipinski definition) is 5. The number of H-pyrrole nitrogens is 1. The Kier molecular flexibility index (Phi) is 4.23. The maximum atomic E-state index is 12.9. The summed E-state index contributed by atoms with van der Waals surface area (Å²) in [5, 5.41) is 6.45. The van der Waals surface area contributed by atoms with Gasteiger partial charge in [0.2, 0.25) is 15.9 Å². The first-order valence-electron chi connectivity index (χ1n) is 7.31. The summed E-state index contributed by atoms with van der Waals surface area (Å²) in [4.78, 5) is 3.69. The summed E-state index contributed by atoms with van der Waals surface area (Å²) in [6.45, 7) is 3.04. The first kappa shape index (κ1) is 17.7. The van der Waals surface area contributed by atoms with E-state index in [1.54, 1.807) is 13.8 Å². The van der Waals surface area contributed by atoms with Crippen molar-refractivity contribution in [3.63, 3.8) is 0 Å². The molecule has 0 amide bonds. The number of aromatic amines is 1. The Bertz CT molecular complexity index is 869. The van der Waals surface area contributed by atoms with Gasteiger partial charge in [0, 0.05) is 6.20 Å². The molecule has 1 aliphatic rings. The van der Waals surface area contributed by atoms with Crippen LogP contribution in [0.5, 0.6) is 5.88 Å². The van der Waals surface area contributed by atoms with Gasteiger partial charge >= 0.3 is 6.18 Å². The van der Waals surface area contributed by atoms with Crippen molar-refractivity contribution in [2.75, 3.05) is 13.1 Å². The van der Waals surface area contributed by atoms with Gasteiger partial charge < -0.3 is 4.74 Å². The molecule has 0 spiro atoms. The number of hydrogen-bond donors (Lipinski definition) is 1. The topological polar surface area (TPSA) is 88.2 Å². The quantitative estimate of drug-likeness (QED) is 0.880. The van der Waals surface area contributed by atoms with Gasteiger partial charge in [0.25, 0.3) is 0 Å². The third kappa shape index (κ3) is 3.21. The number of aryl methyl sites for hydroxylation is 2. The van der Waals surface area contributed by atoms with Gasteiger partial charge in [0.15, 0.2) is 0 Å². The van der Waals surface area contributed by atoms with E-state index < -0.39 is 33.7 Å². The minimum absolute atomic E-state index is 0.0553. The Morgan fingerprint density at radius 3 is 2.56 bits per heavy atom. The summed E-state index contributed by atoms with van der Waals surface area (Å²) in [5.41, 5.74) is -0.241. The molecule has 0 unspecified atom stereocenters. The average Bonchev–Trinajstić information content (AvgIpc) is 2.81. The van der Waals surface area contributed by atoms with Gasteiger partial charge in [-0.1, -0.05) is 0 Å². The molecule has 2 aromatic heterocycles. The second-order valence-corrected chi connectivity index (χ2v) is 7.55. The van der Waals surface area contributed by atoms with Crippen molar-refractivity contribution in [2.24, 2.45) is 0 Å². The number of sulfonamides is 1. The minimum atomic E-state index is -4.59. The first-order valence-corrected chi connectivity index (χ1v) is 8.75.